The monoisotopic (exact) mass is 938 g/mol. The fourth-order valence-electron chi connectivity index (χ4n) is 9.90. The lowest BCUT2D eigenvalue weighted by atomic mass is 9.99. The number of pyridine rings is 1. The quantitative estimate of drug-likeness (QED) is 0.146. The molecule has 7 aromatic heterocycles. The van der Waals surface area contributed by atoms with Crippen LogP contribution in [-0.4, -0.2) is 73.9 Å². The third-order valence-corrected chi connectivity index (χ3v) is 12.7. The van der Waals surface area contributed by atoms with Crippen LogP contribution in [0, 0.1) is 66.7 Å². The molecule has 0 spiro atoms. The first-order valence-corrected chi connectivity index (χ1v) is 23.3. The number of aromatic nitrogens is 15. The average Bonchev–Trinajstić information content (AvgIpc) is 3.86. The Morgan fingerprint density at radius 2 is 0.708 bits per heavy atom. The molecule has 0 N–H and O–H groups in total. The van der Waals surface area contributed by atoms with E-state index >= 15 is 0 Å². The highest BCUT2D eigenvalue weighted by molar-refractivity contribution is 6.13. The molecule has 0 aliphatic carbocycles. The molecule has 0 radical (unpaired) electrons. The Hall–Kier alpha value is -9.62. The van der Waals surface area contributed by atoms with Crippen LogP contribution >= 0.6 is 0 Å². The Morgan fingerprint density at radius 3 is 1.06 bits per heavy atom. The van der Waals surface area contributed by atoms with E-state index in [1.165, 1.54) is 0 Å². The van der Waals surface area contributed by atoms with Gasteiger partial charge in [0.25, 0.3) is 0 Å². The summed E-state index contributed by atoms with van der Waals surface area (Å²) >= 11 is 0. The zero-order chi connectivity index (χ0) is 49.5. The van der Waals surface area contributed by atoms with E-state index in [2.05, 4.69) is 89.7 Å². The summed E-state index contributed by atoms with van der Waals surface area (Å²) < 4.78 is 4.46. The third-order valence-electron chi connectivity index (χ3n) is 12.7. The molecule has 5 aromatic carbocycles. The largest absolute Gasteiger partial charge is 0.309 e. The van der Waals surface area contributed by atoms with Crippen molar-refractivity contribution in [3.63, 3.8) is 0 Å². The lowest BCUT2D eigenvalue weighted by Gasteiger charge is -2.16. The maximum atomic E-state index is 10.9. The molecule has 12 rings (SSSR count). The van der Waals surface area contributed by atoms with E-state index in [-0.39, 0.29) is 0 Å². The van der Waals surface area contributed by atoms with Crippen LogP contribution in [0.2, 0.25) is 0 Å². The molecule has 0 atom stereocenters. The lowest BCUT2D eigenvalue weighted by molar-refractivity contribution is 0.928. The molecule has 0 saturated carbocycles. The van der Waals surface area contributed by atoms with Crippen LogP contribution in [0.15, 0.2) is 109 Å². The number of hydrogen-bond acceptors (Lipinski definition) is 14. The number of aryl methyl sites for hydroxylation is 8. The van der Waals surface area contributed by atoms with Gasteiger partial charge in [0.05, 0.1) is 39.4 Å². The maximum Gasteiger partial charge on any atom is 0.163 e. The summed E-state index contributed by atoms with van der Waals surface area (Å²) in [6.45, 7) is 15.0. The minimum atomic E-state index is 0.492. The molecule has 12 aromatic rings. The van der Waals surface area contributed by atoms with Gasteiger partial charge in [-0.1, -0.05) is 0 Å². The zero-order valence-corrected chi connectivity index (χ0v) is 40.5. The first-order chi connectivity index (χ1) is 34.8. The Balaban J connectivity index is 1.08. The highest BCUT2D eigenvalue weighted by atomic mass is 15.1. The number of rotatable bonds is 7. The molecule has 0 amide bonds. The Kier molecular flexibility index (Phi) is 10.2. The fraction of sp³-hybridized carbons (Fsp3) is 0.143. The van der Waals surface area contributed by atoms with Crippen LogP contribution in [0.3, 0.4) is 0 Å². The van der Waals surface area contributed by atoms with Crippen LogP contribution in [0.1, 0.15) is 52.2 Å². The molecule has 0 saturated heterocycles. The highest BCUT2D eigenvalue weighted by Gasteiger charge is 2.23. The summed E-state index contributed by atoms with van der Waals surface area (Å²) in [5.41, 5.74) is 10.8. The average molecular weight is 939 g/mol. The van der Waals surface area contributed by atoms with Crippen LogP contribution in [-0.2, 0) is 0 Å². The predicted molar refractivity (Wildman–Crippen MR) is 276 cm³/mol. The summed E-state index contributed by atoms with van der Waals surface area (Å²) in [5, 5.41) is 14.8. The summed E-state index contributed by atoms with van der Waals surface area (Å²) in [6.07, 6.45) is 3.62. The van der Waals surface area contributed by atoms with Crippen molar-refractivity contribution in [3.05, 3.63) is 162 Å². The van der Waals surface area contributed by atoms with Crippen molar-refractivity contribution < 1.29 is 0 Å². The van der Waals surface area contributed by atoms with Gasteiger partial charge in [-0.2, -0.15) is 5.26 Å². The molecular weight excluding hydrogens is 897 g/mol. The third kappa shape index (κ3) is 7.51. The number of benzene rings is 5. The van der Waals surface area contributed by atoms with E-state index in [1.807, 2.05) is 104 Å². The van der Waals surface area contributed by atoms with Crippen LogP contribution in [0.4, 0.5) is 0 Å². The smallest absolute Gasteiger partial charge is 0.163 e. The molecular formula is C56H42N16. The number of nitriles is 1. The summed E-state index contributed by atoms with van der Waals surface area (Å²) in [6, 6.07) is 35.5. The molecule has 346 valence electrons. The minimum Gasteiger partial charge on any atom is -0.309 e. The van der Waals surface area contributed by atoms with Crippen molar-refractivity contribution in [2.75, 3.05) is 0 Å². The highest BCUT2D eigenvalue weighted by Crippen LogP contribution is 2.42. The molecule has 0 bridgehead atoms. The van der Waals surface area contributed by atoms with E-state index in [0.717, 1.165) is 82.8 Å². The zero-order valence-electron chi connectivity index (χ0n) is 40.5. The van der Waals surface area contributed by atoms with E-state index < -0.39 is 0 Å². The van der Waals surface area contributed by atoms with Crippen molar-refractivity contribution >= 4 is 43.6 Å². The number of nitrogens with zero attached hydrogens (tertiary/aromatic N) is 16. The predicted octanol–water partition coefficient (Wildman–Crippen LogP) is 10.7. The van der Waals surface area contributed by atoms with Gasteiger partial charge in [0.2, 0.25) is 0 Å². The van der Waals surface area contributed by atoms with Gasteiger partial charge < -0.3 is 9.13 Å². The minimum absolute atomic E-state index is 0.492. The Morgan fingerprint density at radius 1 is 0.361 bits per heavy atom. The topological polar surface area (TPSA) is 201 Å². The number of fused-ring (bicyclic) bond motifs is 6. The fourth-order valence-corrected chi connectivity index (χ4v) is 9.90. The van der Waals surface area contributed by atoms with Gasteiger partial charge in [-0.25, -0.2) is 59.8 Å². The summed E-state index contributed by atoms with van der Waals surface area (Å²) in [7, 11) is 0. The summed E-state index contributed by atoms with van der Waals surface area (Å²) in [4.78, 5) is 60.1. The van der Waals surface area contributed by atoms with E-state index in [4.69, 9.17) is 44.9 Å². The maximum absolute atomic E-state index is 10.9. The SMILES string of the molecule is Cc1nc(C)nc(-c2ccc3c(c2)c2cc(-c4nc(C)nc(C)n4)ccc2n3-c2ccc(C#N)c(-c3cnccc3-n3c4ccc(-c5nc(C)nc(C)n5)cc4c4cc(-c5nc(C)nc(C)n5)ccc43)c2)n1. The second kappa shape index (κ2) is 16.8. The van der Waals surface area contributed by atoms with Gasteiger partial charge in [0.15, 0.2) is 23.3 Å². The van der Waals surface area contributed by atoms with Crippen molar-refractivity contribution in [1.29, 1.82) is 5.26 Å². The molecule has 16 nitrogen and oxygen atoms in total. The Labute approximate surface area is 412 Å². The van der Waals surface area contributed by atoms with Crippen molar-refractivity contribution in [2.45, 2.75) is 55.4 Å². The van der Waals surface area contributed by atoms with Crippen LogP contribution in [0.25, 0.3) is 112 Å². The lowest BCUT2D eigenvalue weighted by Crippen LogP contribution is -2.01. The second-order valence-corrected chi connectivity index (χ2v) is 17.8. The first-order valence-electron chi connectivity index (χ1n) is 23.3. The molecule has 0 unspecified atom stereocenters. The normalized spacial score (nSPS) is 11.6. The van der Waals surface area contributed by atoms with Gasteiger partial charge >= 0.3 is 0 Å². The van der Waals surface area contributed by atoms with E-state index in [1.54, 1.807) is 6.20 Å². The molecule has 0 aliphatic heterocycles. The molecule has 16 heteroatoms. The van der Waals surface area contributed by atoms with Gasteiger partial charge in [0.1, 0.15) is 46.6 Å². The Bertz CT molecular complexity index is 4000. The molecule has 0 aliphatic rings. The number of hydrogen-bond donors (Lipinski definition) is 0. The van der Waals surface area contributed by atoms with Crippen LogP contribution in [0.5, 0.6) is 0 Å². The van der Waals surface area contributed by atoms with Crippen LogP contribution < -0.4 is 0 Å². The first kappa shape index (κ1) is 43.6. The van der Waals surface area contributed by atoms with Crippen molar-refractivity contribution in [1.82, 2.24) is 73.9 Å². The van der Waals surface area contributed by atoms with Crippen molar-refractivity contribution in [2.24, 2.45) is 0 Å². The summed E-state index contributed by atoms with van der Waals surface area (Å²) in [5.74, 6) is 7.52. The molecule has 72 heavy (non-hydrogen) atoms. The second-order valence-electron chi connectivity index (χ2n) is 17.8. The van der Waals surface area contributed by atoms with Gasteiger partial charge in [-0.05, 0) is 152 Å². The standard InChI is InChI=1S/C56H42N16/c1-28-59-29(2)64-53(63-28)36-10-15-48-43(21-36)44-22-37(54-65-30(3)60-31(4)66-54)11-16-49(44)71(48)41-14-9-40(26-57)42(25-41)47-27-58-20-19-52(47)72-50-17-12-38(55-67-32(5)61-33(6)68-55)23-45(50)46-24-39(13-18-51(46)72)56-69-34(7)62-35(8)70-56/h9-25,27H,1-8H3. The van der Waals surface area contributed by atoms with E-state index in [9.17, 15) is 5.26 Å². The van der Waals surface area contributed by atoms with Gasteiger partial charge in [-0.15, -0.1) is 0 Å². The molecule has 0 fully saturated rings. The van der Waals surface area contributed by atoms with Gasteiger partial charge in [0, 0.05) is 73.0 Å². The van der Waals surface area contributed by atoms with E-state index in [0.29, 0.717) is 81.0 Å². The molecule has 7 heterocycles. The van der Waals surface area contributed by atoms with Crippen molar-refractivity contribution in [3.8, 4) is 74.1 Å². The van der Waals surface area contributed by atoms with Gasteiger partial charge in [-0.3, -0.25) is 4.98 Å².